The SMILES string of the molecule is CNC(Cc1ccc(Cl)cc1)C(OC)C(C)(C)C. The van der Waals surface area contributed by atoms with Crippen LogP contribution < -0.4 is 5.32 Å². The molecule has 0 bridgehead atoms. The fourth-order valence-corrected chi connectivity index (χ4v) is 2.48. The van der Waals surface area contributed by atoms with Crippen LogP contribution in [0.15, 0.2) is 24.3 Å². The van der Waals surface area contributed by atoms with Gasteiger partial charge in [0, 0.05) is 18.2 Å². The van der Waals surface area contributed by atoms with Gasteiger partial charge < -0.3 is 10.1 Å². The number of halogens is 1. The molecule has 1 aromatic carbocycles. The summed E-state index contributed by atoms with van der Waals surface area (Å²) in [5, 5.41) is 4.14. The van der Waals surface area contributed by atoms with Crippen LogP contribution in [0.4, 0.5) is 0 Å². The Kier molecular flexibility index (Phi) is 5.64. The Morgan fingerprint density at radius 1 is 1.22 bits per heavy atom. The third-order valence-corrected chi connectivity index (χ3v) is 3.46. The molecule has 18 heavy (non-hydrogen) atoms. The molecule has 1 aromatic rings. The van der Waals surface area contributed by atoms with E-state index in [4.69, 9.17) is 16.3 Å². The molecule has 1 N–H and O–H groups in total. The molecular formula is C15H24ClNO. The lowest BCUT2D eigenvalue weighted by Gasteiger charge is -2.36. The molecule has 0 fully saturated rings. The first-order valence-corrected chi connectivity index (χ1v) is 6.70. The Balaban J connectivity index is 2.80. The van der Waals surface area contributed by atoms with Gasteiger partial charge in [0.15, 0.2) is 0 Å². The highest BCUT2D eigenvalue weighted by Crippen LogP contribution is 2.26. The quantitative estimate of drug-likeness (QED) is 0.883. The predicted octanol–water partition coefficient (Wildman–Crippen LogP) is 3.53. The molecule has 0 aliphatic carbocycles. The molecule has 0 spiro atoms. The smallest absolute Gasteiger partial charge is 0.0775 e. The molecule has 2 nitrogen and oxygen atoms in total. The highest BCUT2D eigenvalue weighted by molar-refractivity contribution is 6.30. The third-order valence-electron chi connectivity index (χ3n) is 3.21. The molecule has 0 aliphatic rings. The number of rotatable bonds is 5. The van der Waals surface area contributed by atoms with E-state index in [0.717, 1.165) is 11.4 Å². The fourth-order valence-electron chi connectivity index (χ4n) is 2.36. The minimum atomic E-state index is 0.106. The first kappa shape index (κ1) is 15.5. The number of hydrogen-bond donors (Lipinski definition) is 1. The van der Waals surface area contributed by atoms with Crippen molar-refractivity contribution in [1.29, 1.82) is 0 Å². The molecule has 0 radical (unpaired) electrons. The van der Waals surface area contributed by atoms with E-state index in [1.54, 1.807) is 7.11 Å². The van der Waals surface area contributed by atoms with Gasteiger partial charge in [-0.3, -0.25) is 0 Å². The summed E-state index contributed by atoms with van der Waals surface area (Å²) in [6.07, 6.45) is 1.10. The number of likely N-dealkylation sites (N-methyl/N-ethyl adjacent to an activating group) is 1. The van der Waals surface area contributed by atoms with Crippen molar-refractivity contribution in [2.75, 3.05) is 14.2 Å². The van der Waals surface area contributed by atoms with E-state index in [0.29, 0.717) is 0 Å². The number of benzene rings is 1. The monoisotopic (exact) mass is 269 g/mol. The zero-order chi connectivity index (χ0) is 13.8. The second kappa shape index (κ2) is 6.55. The molecule has 0 saturated heterocycles. The van der Waals surface area contributed by atoms with Gasteiger partial charge in [0.05, 0.1) is 6.10 Å². The highest BCUT2D eigenvalue weighted by atomic mass is 35.5. The zero-order valence-electron chi connectivity index (χ0n) is 12.0. The molecule has 102 valence electrons. The molecular weight excluding hydrogens is 246 g/mol. The van der Waals surface area contributed by atoms with Crippen molar-refractivity contribution in [2.45, 2.75) is 39.3 Å². The number of methoxy groups -OCH3 is 1. The van der Waals surface area contributed by atoms with Crippen LogP contribution in [0.3, 0.4) is 0 Å². The Morgan fingerprint density at radius 2 is 1.78 bits per heavy atom. The Bertz CT molecular complexity index is 356. The van der Waals surface area contributed by atoms with Gasteiger partial charge in [-0.05, 0) is 36.6 Å². The lowest BCUT2D eigenvalue weighted by atomic mass is 9.82. The summed E-state index contributed by atoms with van der Waals surface area (Å²) in [4.78, 5) is 0. The normalized spacial score (nSPS) is 15.4. The van der Waals surface area contributed by atoms with E-state index < -0.39 is 0 Å². The number of hydrogen-bond acceptors (Lipinski definition) is 2. The van der Waals surface area contributed by atoms with Crippen molar-refractivity contribution in [3.63, 3.8) is 0 Å². The summed E-state index contributed by atoms with van der Waals surface area (Å²) in [5.74, 6) is 0. The van der Waals surface area contributed by atoms with Gasteiger partial charge >= 0.3 is 0 Å². The van der Waals surface area contributed by atoms with Gasteiger partial charge in [-0.2, -0.15) is 0 Å². The highest BCUT2D eigenvalue weighted by Gasteiger charge is 2.31. The average molecular weight is 270 g/mol. The second-order valence-electron chi connectivity index (χ2n) is 5.75. The molecule has 0 aliphatic heterocycles. The third kappa shape index (κ3) is 4.27. The van der Waals surface area contributed by atoms with Crippen LogP contribution in [-0.2, 0) is 11.2 Å². The summed E-state index contributed by atoms with van der Waals surface area (Å²) >= 11 is 5.90. The van der Waals surface area contributed by atoms with E-state index in [1.807, 2.05) is 19.2 Å². The molecule has 2 unspecified atom stereocenters. The van der Waals surface area contributed by atoms with Crippen molar-refractivity contribution in [1.82, 2.24) is 5.32 Å². The van der Waals surface area contributed by atoms with Gasteiger partial charge in [-0.15, -0.1) is 0 Å². The van der Waals surface area contributed by atoms with Gasteiger partial charge in [-0.25, -0.2) is 0 Å². The van der Waals surface area contributed by atoms with E-state index >= 15 is 0 Å². The van der Waals surface area contributed by atoms with Crippen LogP contribution in [0.2, 0.25) is 5.02 Å². The van der Waals surface area contributed by atoms with Crippen molar-refractivity contribution >= 4 is 11.6 Å². The van der Waals surface area contributed by atoms with Crippen molar-refractivity contribution in [3.8, 4) is 0 Å². The molecule has 3 heteroatoms. The summed E-state index contributed by atoms with van der Waals surface area (Å²) in [6, 6.07) is 8.30. The Hall–Kier alpha value is -0.570. The minimum absolute atomic E-state index is 0.106. The van der Waals surface area contributed by atoms with E-state index in [2.05, 4.69) is 38.2 Å². The maximum atomic E-state index is 5.90. The molecule has 0 heterocycles. The lowest BCUT2D eigenvalue weighted by molar-refractivity contribution is -0.00921. The van der Waals surface area contributed by atoms with Crippen molar-refractivity contribution in [2.24, 2.45) is 5.41 Å². The van der Waals surface area contributed by atoms with Crippen LogP contribution in [0.1, 0.15) is 26.3 Å². The second-order valence-corrected chi connectivity index (χ2v) is 6.18. The topological polar surface area (TPSA) is 21.3 Å². The molecule has 1 rings (SSSR count). The zero-order valence-corrected chi connectivity index (χ0v) is 12.7. The summed E-state index contributed by atoms with van der Waals surface area (Å²) in [6.45, 7) is 6.61. The Morgan fingerprint density at radius 3 is 2.17 bits per heavy atom. The average Bonchev–Trinajstić information content (AvgIpc) is 2.29. The lowest BCUT2D eigenvalue weighted by Crippen LogP contribution is -2.47. The molecule has 0 aromatic heterocycles. The standard InChI is InChI=1S/C15H24ClNO/c1-15(2,3)14(18-5)13(17-4)10-11-6-8-12(16)9-7-11/h6-9,13-14,17H,10H2,1-5H3. The minimum Gasteiger partial charge on any atom is -0.379 e. The first-order chi connectivity index (χ1) is 8.38. The van der Waals surface area contributed by atoms with Gasteiger partial charge in [0.25, 0.3) is 0 Å². The van der Waals surface area contributed by atoms with Crippen molar-refractivity contribution < 1.29 is 4.74 Å². The van der Waals surface area contributed by atoms with Crippen LogP contribution in [0, 0.1) is 5.41 Å². The van der Waals surface area contributed by atoms with Gasteiger partial charge in [0.2, 0.25) is 0 Å². The molecule has 0 saturated carbocycles. The van der Waals surface area contributed by atoms with E-state index in [-0.39, 0.29) is 17.6 Å². The van der Waals surface area contributed by atoms with Crippen LogP contribution >= 0.6 is 11.6 Å². The summed E-state index contributed by atoms with van der Waals surface area (Å²) in [7, 11) is 3.76. The largest absolute Gasteiger partial charge is 0.379 e. The van der Waals surface area contributed by atoms with Gasteiger partial charge in [-0.1, -0.05) is 44.5 Å². The Labute approximate surface area is 116 Å². The number of nitrogens with one attached hydrogen (secondary N) is 1. The van der Waals surface area contributed by atoms with Crippen LogP contribution in [0.5, 0.6) is 0 Å². The summed E-state index contributed by atoms with van der Waals surface area (Å²) < 4.78 is 5.68. The maximum Gasteiger partial charge on any atom is 0.0775 e. The van der Waals surface area contributed by atoms with Crippen LogP contribution in [-0.4, -0.2) is 26.3 Å². The van der Waals surface area contributed by atoms with Crippen molar-refractivity contribution in [3.05, 3.63) is 34.9 Å². The van der Waals surface area contributed by atoms with E-state index in [1.165, 1.54) is 5.56 Å². The molecule has 2 atom stereocenters. The van der Waals surface area contributed by atoms with Gasteiger partial charge in [0.1, 0.15) is 0 Å². The maximum absolute atomic E-state index is 5.90. The predicted molar refractivity (Wildman–Crippen MR) is 78.3 cm³/mol. The van der Waals surface area contributed by atoms with E-state index in [9.17, 15) is 0 Å². The molecule has 0 amide bonds. The first-order valence-electron chi connectivity index (χ1n) is 6.33. The summed E-state index contributed by atoms with van der Waals surface area (Å²) in [5.41, 5.74) is 1.37. The number of ether oxygens (including phenoxy) is 1. The fraction of sp³-hybridized carbons (Fsp3) is 0.600. The van der Waals surface area contributed by atoms with Crippen LogP contribution in [0.25, 0.3) is 0 Å².